The van der Waals surface area contributed by atoms with E-state index in [2.05, 4.69) is 62.5 Å². The van der Waals surface area contributed by atoms with Crippen LogP contribution in [0.1, 0.15) is 80.4 Å². The minimum atomic E-state index is -0.745. The molecule has 0 fully saturated rings. The van der Waals surface area contributed by atoms with Crippen LogP contribution in [0.2, 0.25) is 0 Å². The number of aliphatic hydroxyl groups excluding tert-OH is 1. The number of unbranched alkanes of at least 4 members (excludes halogenated alkanes) is 1. The molecule has 0 spiro atoms. The van der Waals surface area contributed by atoms with E-state index in [9.17, 15) is 9.90 Å². The molecule has 0 aliphatic heterocycles. The van der Waals surface area contributed by atoms with Crippen molar-refractivity contribution in [2.45, 2.75) is 90.4 Å². The number of aliphatic carboxylic acids is 1. The summed E-state index contributed by atoms with van der Waals surface area (Å²) in [6.45, 7) is 9.32. The van der Waals surface area contributed by atoms with Crippen LogP contribution in [0, 0.1) is 12.8 Å². The van der Waals surface area contributed by atoms with Gasteiger partial charge in [-0.1, -0.05) is 42.5 Å². The van der Waals surface area contributed by atoms with Crippen molar-refractivity contribution >= 4 is 5.97 Å². The van der Waals surface area contributed by atoms with Crippen LogP contribution >= 0.6 is 0 Å². The number of hydrogen-bond donors (Lipinski definition) is 3. The number of benzene rings is 2. The van der Waals surface area contributed by atoms with Gasteiger partial charge in [0.15, 0.2) is 0 Å². The van der Waals surface area contributed by atoms with Gasteiger partial charge < -0.3 is 20.3 Å². The normalized spacial score (nSPS) is 15.7. The van der Waals surface area contributed by atoms with Gasteiger partial charge in [0.1, 0.15) is 0 Å². The average molecular weight is 482 g/mol. The van der Waals surface area contributed by atoms with Crippen LogP contribution in [-0.4, -0.2) is 41.0 Å². The summed E-state index contributed by atoms with van der Waals surface area (Å²) in [5.41, 5.74) is 6.46. The topological polar surface area (TPSA) is 78.8 Å². The summed E-state index contributed by atoms with van der Waals surface area (Å²) in [6.07, 6.45) is 5.18. The maximum Gasteiger partial charge on any atom is 0.303 e. The molecule has 1 aliphatic carbocycles. The Morgan fingerprint density at radius 1 is 1.11 bits per heavy atom. The highest BCUT2D eigenvalue weighted by Crippen LogP contribution is 2.32. The van der Waals surface area contributed by atoms with Crippen LogP contribution in [0.3, 0.4) is 0 Å². The van der Waals surface area contributed by atoms with Crippen molar-refractivity contribution in [3.63, 3.8) is 0 Å². The van der Waals surface area contributed by atoms with Gasteiger partial charge in [-0.2, -0.15) is 0 Å². The van der Waals surface area contributed by atoms with Crippen molar-refractivity contribution < 1.29 is 19.7 Å². The maximum absolute atomic E-state index is 10.8. The molecule has 3 rings (SSSR count). The van der Waals surface area contributed by atoms with Crippen molar-refractivity contribution in [1.29, 1.82) is 0 Å². The summed E-state index contributed by atoms with van der Waals surface area (Å²) in [4.78, 5) is 10.8. The zero-order valence-corrected chi connectivity index (χ0v) is 21.8. The Hall–Kier alpha value is -2.21. The number of carbonyl (C=O) groups is 1. The number of ether oxygens (including phenoxy) is 1. The Morgan fingerprint density at radius 3 is 2.46 bits per heavy atom. The van der Waals surface area contributed by atoms with Gasteiger partial charge in [0.05, 0.1) is 18.8 Å². The van der Waals surface area contributed by atoms with Gasteiger partial charge in [0.2, 0.25) is 0 Å². The van der Waals surface area contributed by atoms with Crippen molar-refractivity contribution in [1.82, 2.24) is 5.32 Å². The Balaban J connectivity index is 1.44. The zero-order chi connectivity index (χ0) is 25.4. The van der Waals surface area contributed by atoms with Crippen molar-refractivity contribution in [2.24, 2.45) is 5.92 Å². The van der Waals surface area contributed by atoms with E-state index in [4.69, 9.17) is 9.84 Å². The minimum Gasteiger partial charge on any atom is -0.481 e. The maximum atomic E-state index is 10.8. The molecule has 35 heavy (non-hydrogen) atoms. The number of rotatable bonds is 14. The first-order valence-corrected chi connectivity index (χ1v) is 13.1. The number of carboxylic acid groups (broad SMARTS) is 1. The second-order valence-corrected chi connectivity index (χ2v) is 10.9. The minimum absolute atomic E-state index is 0.0566. The van der Waals surface area contributed by atoms with Gasteiger partial charge in [0, 0.05) is 18.5 Å². The smallest absolute Gasteiger partial charge is 0.303 e. The molecule has 0 amide bonds. The summed E-state index contributed by atoms with van der Waals surface area (Å²) in [5.74, 6) is -0.107. The first-order chi connectivity index (χ1) is 16.6. The summed E-state index contributed by atoms with van der Waals surface area (Å²) in [7, 11) is 0. The largest absolute Gasteiger partial charge is 0.481 e. The van der Waals surface area contributed by atoms with E-state index in [0.717, 1.165) is 37.7 Å². The molecule has 2 atom stereocenters. The van der Waals surface area contributed by atoms with E-state index in [-0.39, 0.29) is 24.7 Å². The molecular weight excluding hydrogens is 438 g/mol. The van der Waals surface area contributed by atoms with Gasteiger partial charge in [-0.3, -0.25) is 4.79 Å². The van der Waals surface area contributed by atoms with Crippen LogP contribution in [0.5, 0.6) is 0 Å². The lowest BCUT2D eigenvalue weighted by Crippen LogP contribution is -2.45. The lowest BCUT2D eigenvalue weighted by molar-refractivity contribution is -0.137. The summed E-state index contributed by atoms with van der Waals surface area (Å²) in [6, 6.07) is 14.9. The van der Waals surface area contributed by atoms with E-state index >= 15 is 0 Å². The van der Waals surface area contributed by atoms with Gasteiger partial charge >= 0.3 is 5.97 Å². The number of hydrogen-bond acceptors (Lipinski definition) is 4. The number of fused-ring (bicyclic) bond motifs is 1. The third-order valence-electron chi connectivity index (χ3n) is 7.24. The quantitative estimate of drug-likeness (QED) is 0.315. The van der Waals surface area contributed by atoms with Crippen LogP contribution in [0.4, 0.5) is 0 Å². The number of β-amino-alcohol motifs (C(OH)–C–C–N with tert-alkyl or cyclic N) is 1. The molecule has 0 bridgehead atoms. The first kappa shape index (κ1) is 27.4. The second kappa shape index (κ2) is 12.7. The number of aliphatic hydroxyl groups is 1. The molecule has 3 N–H and O–H groups in total. The molecule has 2 aromatic carbocycles. The molecule has 1 aliphatic rings. The van der Waals surface area contributed by atoms with E-state index in [1.807, 2.05) is 13.0 Å². The molecule has 0 saturated carbocycles. The number of carboxylic acids is 1. The summed E-state index contributed by atoms with van der Waals surface area (Å²) >= 11 is 0. The highest BCUT2D eigenvalue weighted by atomic mass is 16.5. The number of aryl methyl sites for hydroxylation is 1. The molecule has 0 heterocycles. The van der Waals surface area contributed by atoms with Gasteiger partial charge in [-0.15, -0.1) is 0 Å². The standard InChI is InChI=1S/C30H43NO4/c1-21-10-9-14-28(27(21)13-7-8-15-29(33)34)22(2)35-20-26(32)19-31-30(3,4)18-23-16-24-11-5-6-12-25(24)17-23/h5-6,9-12,14,22-23,26,31-32H,7-8,13,15-20H2,1-4H3,(H,33,34)/t22-,26-/m1/s1. The molecular formula is C30H43NO4. The Kier molecular flexibility index (Phi) is 9.90. The average Bonchev–Trinajstić information content (AvgIpc) is 3.21. The lowest BCUT2D eigenvalue weighted by Gasteiger charge is -2.31. The molecule has 0 aromatic heterocycles. The summed E-state index contributed by atoms with van der Waals surface area (Å²) < 4.78 is 6.09. The Morgan fingerprint density at radius 2 is 1.80 bits per heavy atom. The fourth-order valence-corrected chi connectivity index (χ4v) is 5.41. The Bertz CT molecular complexity index is 946. The van der Waals surface area contributed by atoms with Crippen molar-refractivity contribution in [3.8, 4) is 0 Å². The molecule has 5 heteroatoms. The fourth-order valence-electron chi connectivity index (χ4n) is 5.41. The van der Waals surface area contributed by atoms with E-state index in [1.54, 1.807) is 0 Å². The van der Waals surface area contributed by atoms with Crippen LogP contribution in [0.15, 0.2) is 42.5 Å². The molecule has 0 saturated heterocycles. The van der Waals surface area contributed by atoms with Crippen molar-refractivity contribution in [2.75, 3.05) is 13.2 Å². The van der Waals surface area contributed by atoms with Gasteiger partial charge in [-0.25, -0.2) is 0 Å². The predicted molar refractivity (Wildman–Crippen MR) is 141 cm³/mol. The lowest BCUT2D eigenvalue weighted by atomic mass is 9.88. The van der Waals surface area contributed by atoms with E-state index < -0.39 is 12.1 Å². The third-order valence-corrected chi connectivity index (χ3v) is 7.24. The summed E-state index contributed by atoms with van der Waals surface area (Å²) in [5, 5.41) is 23.1. The highest BCUT2D eigenvalue weighted by Gasteiger charge is 2.28. The van der Waals surface area contributed by atoms with Crippen LogP contribution in [0.25, 0.3) is 0 Å². The highest BCUT2D eigenvalue weighted by molar-refractivity contribution is 5.66. The Labute approximate surface area is 210 Å². The van der Waals surface area contributed by atoms with E-state index in [0.29, 0.717) is 18.9 Å². The van der Waals surface area contributed by atoms with Crippen LogP contribution in [-0.2, 0) is 28.8 Å². The molecule has 0 radical (unpaired) electrons. The molecule has 192 valence electrons. The SMILES string of the molecule is Cc1cccc([C@@H](C)OC[C@H](O)CNC(C)(C)CC2Cc3ccccc3C2)c1CCCCC(=O)O. The van der Waals surface area contributed by atoms with Crippen molar-refractivity contribution in [3.05, 3.63) is 70.3 Å². The molecule has 0 unspecified atom stereocenters. The predicted octanol–water partition coefficient (Wildman–Crippen LogP) is 5.40. The zero-order valence-electron chi connectivity index (χ0n) is 21.8. The van der Waals surface area contributed by atoms with Gasteiger partial charge in [0.25, 0.3) is 0 Å². The number of nitrogens with one attached hydrogen (secondary N) is 1. The molecule has 2 aromatic rings. The monoisotopic (exact) mass is 481 g/mol. The van der Waals surface area contributed by atoms with E-state index in [1.165, 1.54) is 22.3 Å². The fraction of sp³-hybridized carbons (Fsp3) is 0.567. The van der Waals surface area contributed by atoms with Crippen LogP contribution < -0.4 is 5.32 Å². The molecule has 5 nitrogen and oxygen atoms in total. The second-order valence-electron chi connectivity index (χ2n) is 10.9. The van der Waals surface area contributed by atoms with Gasteiger partial charge in [-0.05, 0) is 100.0 Å². The third kappa shape index (κ3) is 8.45. The first-order valence-electron chi connectivity index (χ1n) is 13.1.